The van der Waals surface area contributed by atoms with Crippen molar-refractivity contribution in [2.75, 3.05) is 13.7 Å². The average molecular weight is 469 g/mol. The van der Waals surface area contributed by atoms with Crippen molar-refractivity contribution in [1.29, 1.82) is 0 Å². The molecule has 3 aromatic rings. The normalized spacial score (nSPS) is 17.6. The monoisotopic (exact) mass is 468 g/mol. The lowest BCUT2D eigenvalue weighted by molar-refractivity contribution is -0.149. The molecule has 1 atom stereocenters. The number of imidazole rings is 1. The molecule has 1 aromatic carbocycles. The second kappa shape index (κ2) is 8.89. The molecule has 9 heteroatoms. The zero-order chi connectivity index (χ0) is 24.6. The van der Waals surface area contributed by atoms with Gasteiger partial charge in [-0.1, -0.05) is 6.07 Å². The molecule has 34 heavy (non-hydrogen) atoms. The van der Waals surface area contributed by atoms with Gasteiger partial charge in [-0.3, -0.25) is 4.79 Å². The zero-order valence-corrected chi connectivity index (χ0v) is 19.7. The molecule has 2 aromatic heterocycles. The number of methoxy groups -OCH3 is 1. The van der Waals surface area contributed by atoms with Gasteiger partial charge in [0.05, 0.1) is 37.4 Å². The molecule has 1 aliphatic rings. The number of morpholine rings is 1. The summed E-state index contributed by atoms with van der Waals surface area (Å²) >= 11 is 0. The van der Waals surface area contributed by atoms with Gasteiger partial charge in [-0.2, -0.15) is 13.8 Å². The van der Waals surface area contributed by atoms with Crippen LogP contribution in [-0.4, -0.2) is 44.6 Å². The van der Waals surface area contributed by atoms with E-state index in [0.29, 0.717) is 11.3 Å². The lowest BCUT2D eigenvalue weighted by atomic mass is 10.0. The number of pyridine rings is 1. The van der Waals surface area contributed by atoms with Crippen LogP contribution in [0.3, 0.4) is 0 Å². The summed E-state index contributed by atoms with van der Waals surface area (Å²) in [6.07, 6.45) is 5.22. The second-order valence-corrected chi connectivity index (χ2v) is 8.85. The van der Waals surface area contributed by atoms with E-state index in [9.17, 15) is 13.6 Å². The van der Waals surface area contributed by atoms with Gasteiger partial charge >= 0.3 is 0 Å². The van der Waals surface area contributed by atoms with E-state index in [4.69, 9.17) is 9.47 Å². The number of carbonyl (C=O) groups is 1. The molecule has 0 saturated carbocycles. The fourth-order valence-electron chi connectivity index (χ4n) is 4.01. The highest BCUT2D eigenvalue weighted by atomic mass is 19.1. The highest BCUT2D eigenvalue weighted by Crippen LogP contribution is 2.34. The Labute approximate surface area is 196 Å². The maximum Gasteiger partial charge on any atom is 0.289 e. The number of nitrogens with zero attached hydrogens (tertiary/aromatic N) is 4. The molecule has 0 spiro atoms. The van der Waals surface area contributed by atoms with Crippen LogP contribution in [0.15, 0.2) is 48.6 Å². The summed E-state index contributed by atoms with van der Waals surface area (Å²) in [7, 11) is 1.57. The molecule has 0 unspecified atom stereocenters. The third-order valence-electron chi connectivity index (χ3n) is 5.66. The minimum absolute atomic E-state index is 0.117. The Bertz CT molecular complexity index is 1270. The van der Waals surface area contributed by atoms with Gasteiger partial charge in [-0.25, -0.2) is 4.98 Å². The van der Waals surface area contributed by atoms with Gasteiger partial charge in [-0.05, 0) is 63.6 Å². The van der Waals surface area contributed by atoms with Crippen molar-refractivity contribution in [3.05, 3.63) is 77.3 Å². The number of hydrogen-bond donors (Lipinski definition) is 0. The van der Waals surface area contributed by atoms with Gasteiger partial charge in [0.25, 0.3) is 5.91 Å². The number of aromatic nitrogens is 3. The largest absolute Gasteiger partial charge is 0.495 e. The van der Waals surface area contributed by atoms with E-state index < -0.39 is 29.4 Å². The first-order chi connectivity index (χ1) is 16.1. The SMILES string of the molecule is COc1cc(/C=C2\OC(C)(C)CN([C@@H](C)c3ccc(F)nc3F)C2=O)ccc1-n1cnc(C)c1. The number of aryl methyl sites for hydroxylation is 1. The molecule has 178 valence electrons. The van der Waals surface area contributed by atoms with E-state index in [1.54, 1.807) is 32.5 Å². The smallest absolute Gasteiger partial charge is 0.289 e. The van der Waals surface area contributed by atoms with Crippen LogP contribution in [-0.2, 0) is 9.53 Å². The molecule has 7 nitrogen and oxygen atoms in total. The molecule has 1 aliphatic heterocycles. The molecule has 1 fully saturated rings. The molecule has 0 N–H and O–H groups in total. The fourth-order valence-corrected chi connectivity index (χ4v) is 4.01. The van der Waals surface area contributed by atoms with Gasteiger partial charge in [0.1, 0.15) is 11.4 Å². The van der Waals surface area contributed by atoms with Crippen LogP contribution in [0.4, 0.5) is 8.78 Å². The van der Waals surface area contributed by atoms with Crippen LogP contribution in [0.5, 0.6) is 5.75 Å². The van der Waals surface area contributed by atoms with Crippen LogP contribution in [0.1, 0.15) is 43.6 Å². The Morgan fingerprint density at radius 3 is 2.65 bits per heavy atom. The first-order valence-corrected chi connectivity index (χ1v) is 10.8. The highest BCUT2D eigenvalue weighted by molar-refractivity contribution is 5.97. The van der Waals surface area contributed by atoms with Crippen LogP contribution in [0.25, 0.3) is 11.8 Å². The molecule has 0 aliphatic carbocycles. The van der Waals surface area contributed by atoms with Crippen molar-refractivity contribution in [1.82, 2.24) is 19.4 Å². The number of amides is 1. The third-order valence-corrected chi connectivity index (χ3v) is 5.66. The first kappa shape index (κ1) is 23.4. The zero-order valence-electron chi connectivity index (χ0n) is 19.7. The van der Waals surface area contributed by atoms with Crippen LogP contribution in [0.2, 0.25) is 0 Å². The van der Waals surface area contributed by atoms with Gasteiger partial charge in [0.2, 0.25) is 11.9 Å². The summed E-state index contributed by atoms with van der Waals surface area (Å²) in [5, 5.41) is 0. The minimum Gasteiger partial charge on any atom is -0.495 e. The summed E-state index contributed by atoms with van der Waals surface area (Å²) in [6.45, 7) is 7.49. The Hall–Kier alpha value is -3.75. The van der Waals surface area contributed by atoms with Gasteiger partial charge in [-0.15, -0.1) is 0 Å². The summed E-state index contributed by atoms with van der Waals surface area (Å²) in [5.74, 6) is -1.54. The topological polar surface area (TPSA) is 69.5 Å². The Kier molecular flexibility index (Phi) is 6.12. The number of rotatable bonds is 5. The number of carbonyl (C=O) groups excluding carboxylic acids is 1. The highest BCUT2D eigenvalue weighted by Gasteiger charge is 2.39. The predicted molar refractivity (Wildman–Crippen MR) is 122 cm³/mol. The van der Waals surface area contributed by atoms with Crippen LogP contribution < -0.4 is 4.74 Å². The number of hydrogen-bond acceptors (Lipinski definition) is 5. The lowest BCUT2D eigenvalue weighted by Gasteiger charge is -2.42. The molecule has 0 radical (unpaired) electrons. The fraction of sp³-hybridized carbons (Fsp3) is 0.320. The van der Waals surface area contributed by atoms with E-state index in [-0.39, 0.29) is 17.9 Å². The maximum atomic E-state index is 14.3. The van der Waals surface area contributed by atoms with Gasteiger partial charge in [0.15, 0.2) is 5.76 Å². The molecular weight excluding hydrogens is 442 g/mol. The molecule has 1 saturated heterocycles. The Morgan fingerprint density at radius 2 is 2.00 bits per heavy atom. The van der Waals surface area contributed by atoms with E-state index in [2.05, 4.69) is 9.97 Å². The summed E-state index contributed by atoms with van der Waals surface area (Å²) < 4.78 is 41.0. The summed E-state index contributed by atoms with van der Waals surface area (Å²) in [6, 6.07) is 7.22. The van der Waals surface area contributed by atoms with Crippen LogP contribution >= 0.6 is 0 Å². The van der Waals surface area contributed by atoms with Crippen molar-refractivity contribution >= 4 is 12.0 Å². The quantitative estimate of drug-likeness (QED) is 0.404. The Balaban J connectivity index is 1.68. The molecular formula is C25H26F2N4O3. The number of ether oxygens (including phenoxy) is 2. The van der Waals surface area contributed by atoms with Crippen molar-refractivity contribution < 1.29 is 23.0 Å². The molecule has 0 bridgehead atoms. The average Bonchev–Trinajstić information content (AvgIpc) is 3.21. The van der Waals surface area contributed by atoms with Crippen molar-refractivity contribution in [3.8, 4) is 11.4 Å². The van der Waals surface area contributed by atoms with Gasteiger partial charge in [0, 0.05) is 11.8 Å². The first-order valence-electron chi connectivity index (χ1n) is 10.8. The third kappa shape index (κ3) is 4.64. The Morgan fingerprint density at radius 1 is 1.24 bits per heavy atom. The standard InChI is InChI=1S/C25H26F2N4O3/c1-15-12-30(14-28-15)19-8-6-17(10-20(19)33-5)11-21-24(32)31(13-25(3,4)34-21)16(2)18-7-9-22(26)29-23(18)27/h6-12,14,16H,13H2,1-5H3/b21-11-/t16-/m0/s1. The number of halogens is 2. The van der Waals surface area contributed by atoms with E-state index in [1.165, 1.54) is 11.0 Å². The summed E-state index contributed by atoms with van der Waals surface area (Å²) in [5.41, 5.74) is 1.78. The van der Waals surface area contributed by atoms with E-state index in [0.717, 1.165) is 17.4 Å². The van der Waals surface area contributed by atoms with Crippen LogP contribution in [0, 0.1) is 18.8 Å². The van der Waals surface area contributed by atoms with Gasteiger partial charge < -0.3 is 18.9 Å². The molecule has 3 heterocycles. The molecule has 4 rings (SSSR count). The maximum absolute atomic E-state index is 14.3. The predicted octanol–water partition coefficient (Wildman–Crippen LogP) is 4.60. The van der Waals surface area contributed by atoms with Crippen molar-refractivity contribution in [2.24, 2.45) is 0 Å². The number of benzene rings is 1. The van der Waals surface area contributed by atoms with Crippen molar-refractivity contribution in [3.63, 3.8) is 0 Å². The second-order valence-electron chi connectivity index (χ2n) is 8.85. The summed E-state index contributed by atoms with van der Waals surface area (Å²) in [4.78, 5) is 22.3. The lowest BCUT2D eigenvalue weighted by Crippen LogP contribution is -2.51. The minimum atomic E-state index is -0.940. The molecule has 1 amide bonds. The van der Waals surface area contributed by atoms with Crippen molar-refractivity contribution in [2.45, 2.75) is 39.3 Å². The van der Waals surface area contributed by atoms with E-state index in [1.807, 2.05) is 43.7 Å². The van der Waals surface area contributed by atoms with E-state index >= 15 is 0 Å².